The van der Waals surface area contributed by atoms with E-state index in [0.29, 0.717) is 0 Å². The number of hydrogen-bond donors (Lipinski definition) is 0. The average molecular weight is 242 g/mol. The van der Waals surface area contributed by atoms with E-state index < -0.39 is 13.6 Å². The molecule has 3 nitrogen and oxygen atoms in total. The van der Waals surface area contributed by atoms with Crippen LogP contribution in [0.3, 0.4) is 0 Å². The van der Waals surface area contributed by atoms with Gasteiger partial charge in [-0.3, -0.25) is 0 Å². The minimum atomic E-state index is -2.28. The van der Waals surface area contributed by atoms with Crippen LogP contribution < -0.4 is 0 Å². The number of rotatable bonds is 3. The van der Waals surface area contributed by atoms with Crippen LogP contribution in [0.5, 0.6) is 0 Å². The lowest BCUT2D eigenvalue weighted by atomic mass is 10.4. The molecule has 0 aromatic heterocycles. The maximum Gasteiger partial charge on any atom is 0.198 e. The third-order valence-corrected chi connectivity index (χ3v) is 11.8. The summed E-state index contributed by atoms with van der Waals surface area (Å²) in [5, 5.41) is -0.00926. The molecule has 0 aliphatic carbocycles. The molecule has 13 heavy (non-hydrogen) atoms. The van der Waals surface area contributed by atoms with E-state index in [2.05, 4.69) is 0 Å². The molecule has 1 heterocycles. The molecule has 1 aliphatic rings. The van der Waals surface area contributed by atoms with Gasteiger partial charge in [0.25, 0.3) is 0 Å². The molecule has 0 bridgehead atoms. The van der Waals surface area contributed by atoms with Crippen LogP contribution in [0.1, 0.15) is 12.8 Å². The standard InChI is InChI=1S/C7H16O3P2S/c1-9-12(13,10-2)7-5-4-6-11(7,3)8/h7H,4-6H2,1-3H3. The Hall–Kier alpha value is 0.800. The molecular formula is C7H16O3P2S. The lowest BCUT2D eigenvalue weighted by Crippen LogP contribution is -2.06. The molecule has 6 heteroatoms. The Morgan fingerprint density at radius 1 is 1.46 bits per heavy atom. The quantitative estimate of drug-likeness (QED) is 0.713. The number of hydrogen-bond acceptors (Lipinski definition) is 4. The summed E-state index contributed by atoms with van der Waals surface area (Å²) in [5.74, 6) is 0. The predicted octanol–water partition coefficient (Wildman–Crippen LogP) is 2.70. The van der Waals surface area contributed by atoms with Crippen molar-refractivity contribution in [3.8, 4) is 0 Å². The van der Waals surface area contributed by atoms with E-state index in [-0.39, 0.29) is 5.40 Å². The molecule has 1 fully saturated rings. The maximum absolute atomic E-state index is 12.1. The monoisotopic (exact) mass is 242 g/mol. The van der Waals surface area contributed by atoms with Crippen molar-refractivity contribution in [2.75, 3.05) is 27.0 Å². The molecule has 0 saturated carbocycles. The van der Waals surface area contributed by atoms with Gasteiger partial charge in [-0.2, -0.15) is 0 Å². The lowest BCUT2D eigenvalue weighted by Gasteiger charge is -2.27. The highest BCUT2D eigenvalue weighted by Crippen LogP contribution is 2.71. The Bertz CT molecular complexity index is 271. The van der Waals surface area contributed by atoms with Crippen LogP contribution in [-0.2, 0) is 25.4 Å². The first kappa shape index (κ1) is 11.9. The van der Waals surface area contributed by atoms with Gasteiger partial charge in [0.05, 0.1) is 12.5 Å². The van der Waals surface area contributed by atoms with E-state index in [4.69, 9.17) is 20.9 Å². The molecule has 0 amide bonds. The van der Waals surface area contributed by atoms with Gasteiger partial charge >= 0.3 is 0 Å². The minimum Gasteiger partial charge on any atom is -0.332 e. The molecule has 1 rings (SSSR count). The van der Waals surface area contributed by atoms with E-state index in [1.165, 1.54) is 0 Å². The highest BCUT2D eigenvalue weighted by molar-refractivity contribution is 8.13. The Morgan fingerprint density at radius 3 is 2.31 bits per heavy atom. The molecule has 78 valence electrons. The zero-order valence-electron chi connectivity index (χ0n) is 8.23. The average Bonchev–Trinajstić information content (AvgIpc) is 2.44. The summed E-state index contributed by atoms with van der Waals surface area (Å²) in [6.45, 7) is -0.457. The van der Waals surface area contributed by atoms with Crippen molar-refractivity contribution in [2.24, 2.45) is 0 Å². The predicted molar refractivity (Wildman–Crippen MR) is 59.7 cm³/mol. The van der Waals surface area contributed by atoms with Gasteiger partial charge in [-0.1, -0.05) is 0 Å². The van der Waals surface area contributed by atoms with Gasteiger partial charge in [-0.25, -0.2) is 0 Å². The second-order valence-corrected chi connectivity index (χ2v) is 11.2. The Labute approximate surface area is 84.7 Å². The summed E-state index contributed by atoms with van der Waals surface area (Å²) in [4.78, 5) is 0. The summed E-state index contributed by atoms with van der Waals surface area (Å²) in [5.41, 5.74) is 0. The maximum atomic E-state index is 12.1. The van der Waals surface area contributed by atoms with Crippen LogP contribution in [0.4, 0.5) is 0 Å². The third kappa shape index (κ3) is 2.24. The smallest absolute Gasteiger partial charge is 0.198 e. The fourth-order valence-corrected chi connectivity index (χ4v) is 10.2. The highest BCUT2D eigenvalue weighted by Gasteiger charge is 2.44. The molecule has 2 atom stereocenters. The summed E-state index contributed by atoms with van der Waals surface area (Å²) >= 11 is 5.31. The Morgan fingerprint density at radius 2 is 2.00 bits per heavy atom. The third-order valence-electron chi connectivity index (χ3n) is 2.57. The van der Waals surface area contributed by atoms with Crippen molar-refractivity contribution in [2.45, 2.75) is 18.2 Å². The van der Waals surface area contributed by atoms with Gasteiger partial charge in [-0.05, 0) is 31.3 Å². The first-order chi connectivity index (χ1) is 5.96. The van der Waals surface area contributed by atoms with Crippen LogP contribution in [0.25, 0.3) is 0 Å². The normalized spacial score (nSPS) is 35.2. The second-order valence-electron chi connectivity index (χ2n) is 3.43. The fourth-order valence-electron chi connectivity index (χ4n) is 1.79. The summed E-state index contributed by atoms with van der Waals surface area (Å²) in [7, 11) is 1.00. The summed E-state index contributed by atoms with van der Waals surface area (Å²) in [6, 6.07) is 0. The molecule has 0 radical (unpaired) electrons. The van der Waals surface area contributed by atoms with Crippen LogP contribution in [0.15, 0.2) is 0 Å². The molecule has 0 aromatic rings. The SMILES string of the molecule is COP(=S)(OC)C1CCCP1(C)=O. The molecular weight excluding hydrogens is 226 g/mol. The molecule has 0 aromatic carbocycles. The first-order valence-corrected chi connectivity index (χ1v) is 9.35. The lowest BCUT2D eigenvalue weighted by molar-refractivity contribution is 0.333. The first-order valence-electron chi connectivity index (χ1n) is 4.23. The van der Waals surface area contributed by atoms with E-state index in [0.717, 1.165) is 19.0 Å². The van der Waals surface area contributed by atoms with Gasteiger partial charge in [0.15, 0.2) is 6.49 Å². The molecule has 2 unspecified atom stereocenters. The zero-order valence-corrected chi connectivity index (χ0v) is 10.8. The van der Waals surface area contributed by atoms with Gasteiger partial charge in [0, 0.05) is 20.4 Å². The van der Waals surface area contributed by atoms with E-state index in [1.807, 2.05) is 6.66 Å². The molecule has 1 aliphatic heterocycles. The summed E-state index contributed by atoms with van der Waals surface area (Å²) < 4.78 is 22.6. The van der Waals surface area contributed by atoms with Gasteiger partial charge in [0.2, 0.25) is 0 Å². The van der Waals surface area contributed by atoms with Gasteiger partial charge < -0.3 is 13.6 Å². The van der Waals surface area contributed by atoms with E-state index in [9.17, 15) is 4.57 Å². The second kappa shape index (κ2) is 4.12. The van der Waals surface area contributed by atoms with Crippen LogP contribution in [0.2, 0.25) is 0 Å². The van der Waals surface area contributed by atoms with E-state index in [1.54, 1.807) is 14.2 Å². The van der Waals surface area contributed by atoms with Crippen molar-refractivity contribution < 1.29 is 13.6 Å². The largest absolute Gasteiger partial charge is 0.332 e. The van der Waals surface area contributed by atoms with Crippen molar-refractivity contribution >= 4 is 25.4 Å². The Balaban J connectivity index is 2.94. The topological polar surface area (TPSA) is 35.5 Å². The molecule has 0 N–H and O–H groups in total. The van der Waals surface area contributed by atoms with Gasteiger partial charge in [-0.15, -0.1) is 0 Å². The van der Waals surface area contributed by atoms with Gasteiger partial charge in [0.1, 0.15) is 0 Å². The molecule has 0 spiro atoms. The highest BCUT2D eigenvalue weighted by atomic mass is 32.5. The van der Waals surface area contributed by atoms with E-state index >= 15 is 0 Å². The minimum absolute atomic E-state index is 0.00926. The fraction of sp³-hybridized carbons (Fsp3) is 1.00. The van der Waals surface area contributed by atoms with Crippen LogP contribution in [0, 0.1) is 0 Å². The Kier molecular flexibility index (Phi) is 3.76. The van der Waals surface area contributed by atoms with Crippen molar-refractivity contribution in [1.82, 2.24) is 0 Å². The van der Waals surface area contributed by atoms with Crippen molar-refractivity contribution in [3.63, 3.8) is 0 Å². The molecule has 1 saturated heterocycles. The summed E-state index contributed by atoms with van der Waals surface area (Å²) in [6.07, 6.45) is 2.68. The van der Waals surface area contributed by atoms with Crippen molar-refractivity contribution in [1.29, 1.82) is 0 Å². The van der Waals surface area contributed by atoms with Crippen LogP contribution in [-0.4, -0.2) is 32.4 Å². The van der Waals surface area contributed by atoms with Crippen LogP contribution >= 0.6 is 13.6 Å². The van der Waals surface area contributed by atoms with Crippen molar-refractivity contribution in [3.05, 3.63) is 0 Å². The zero-order chi connectivity index (χ0) is 10.1.